The fraction of sp³-hybridized carbons (Fsp3) is 0.364. The van der Waals surface area contributed by atoms with E-state index in [-0.39, 0.29) is 13.0 Å². The zero-order valence-corrected chi connectivity index (χ0v) is 12.4. The maximum atomic E-state index is 13.0. The lowest BCUT2D eigenvalue weighted by Gasteiger charge is -2.18. The van der Waals surface area contributed by atoms with E-state index in [9.17, 15) is 17.1 Å². The largest absolute Gasteiger partial charge is 0.497 e. The number of amides is 1. The van der Waals surface area contributed by atoms with Gasteiger partial charge in [0, 0.05) is 23.5 Å². The van der Waals surface area contributed by atoms with Crippen LogP contribution in [0.2, 0.25) is 0 Å². The minimum Gasteiger partial charge on any atom is -0.497 e. The van der Waals surface area contributed by atoms with Crippen molar-refractivity contribution in [3.05, 3.63) is 22.7 Å². The molecule has 1 fully saturated rings. The van der Waals surface area contributed by atoms with Crippen molar-refractivity contribution in [3.63, 3.8) is 0 Å². The lowest BCUT2D eigenvalue weighted by Crippen LogP contribution is -2.27. The third-order valence-corrected chi connectivity index (χ3v) is 4.71. The van der Waals surface area contributed by atoms with Crippen molar-refractivity contribution < 1.29 is 21.8 Å². The van der Waals surface area contributed by atoms with E-state index in [4.69, 9.17) is 4.74 Å². The van der Waals surface area contributed by atoms with E-state index in [0.717, 1.165) is 0 Å². The third kappa shape index (κ3) is 2.89. The second-order valence-electron chi connectivity index (χ2n) is 4.12. The van der Waals surface area contributed by atoms with Crippen LogP contribution < -0.4 is 9.64 Å². The Bertz CT molecular complexity index is 619. The Balaban J connectivity index is 2.35. The molecule has 5 nitrogen and oxygen atoms in total. The zero-order chi connectivity index (χ0) is 14.2. The summed E-state index contributed by atoms with van der Waals surface area (Å²) in [4.78, 5) is 13.1. The average Bonchev–Trinajstić information content (AvgIpc) is 2.72. The number of anilines is 1. The molecular formula is C11H11BrFNO4S. The molecule has 1 atom stereocenters. The summed E-state index contributed by atoms with van der Waals surface area (Å²) < 4.78 is 40.4. The van der Waals surface area contributed by atoms with Crippen LogP contribution in [0.5, 0.6) is 5.75 Å². The van der Waals surface area contributed by atoms with Gasteiger partial charge < -0.3 is 9.64 Å². The second kappa shape index (κ2) is 5.09. The van der Waals surface area contributed by atoms with Crippen molar-refractivity contribution in [1.82, 2.24) is 0 Å². The van der Waals surface area contributed by atoms with Crippen molar-refractivity contribution >= 4 is 37.7 Å². The minimum absolute atomic E-state index is 0.191. The Morgan fingerprint density at radius 2 is 2.16 bits per heavy atom. The molecule has 1 amide bonds. The number of halogens is 2. The molecule has 1 unspecified atom stereocenters. The van der Waals surface area contributed by atoms with E-state index in [2.05, 4.69) is 15.9 Å². The van der Waals surface area contributed by atoms with Crippen molar-refractivity contribution in [3.8, 4) is 5.75 Å². The van der Waals surface area contributed by atoms with Crippen molar-refractivity contribution in [1.29, 1.82) is 0 Å². The Morgan fingerprint density at radius 3 is 2.68 bits per heavy atom. The highest BCUT2D eigenvalue weighted by molar-refractivity contribution is 9.10. The first-order chi connectivity index (χ1) is 8.82. The van der Waals surface area contributed by atoms with Gasteiger partial charge in [0.2, 0.25) is 5.91 Å². The fourth-order valence-electron chi connectivity index (χ4n) is 1.92. The summed E-state index contributed by atoms with van der Waals surface area (Å²) in [6, 6.07) is 4.96. The zero-order valence-electron chi connectivity index (χ0n) is 9.97. The van der Waals surface area contributed by atoms with Gasteiger partial charge in [0.05, 0.1) is 12.8 Å². The number of hydrogen-bond donors (Lipinski definition) is 0. The van der Waals surface area contributed by atoms with Crippen LogP contribution in [-0.4, -0.2) is 33.2 Å². The van der Waals surface area contributed by atoms with Crippen LogP contribution in [-0.2, 0) is 15.0 Å². The van der Waals surface area contributed by atoms with Gasteiger partial charge in [-0.05, 0) is 28.1 Å². The number of benzene rings is 1. The average molecular weight is 352 g/mol. The third-order valence-electron chi connectivity index (χ3n) is 2.93. The van der Waals surface area contributed by atoms with E-state index in [1.165, 1.54) is 12.0 Å². The molecule has 1 aromatic rings. The van der Waals surface area contributed by atoms with Crippen LogP contribution >= 0.6 is 15.9 Å². The molecule has 0 spiro atoms. The highest BCUT2D eigenvalue weighted by atomic mass is 79.9. The van der Waals surface area contributed by atoms with Gasteiger partial charge in [-0.25, -0.2) is 0 Å². The van der Waals surface area contributed by atoms with Gasteiger partial charge in [0.15, 0.2) is 0 Å². The molecule has 1 aromatic carbocycles. The molecule has 0 bridgehead atoms. The molecule has 1 saturated heterocycles. The first-order valence-corrected chi connectivity index (χ1v) is 7.64. The van der Waals surface area contributed by atoms with Gasteiger partial charge in [0.1, 0.15) is 11.0 Å². The summed E-state index contributed by atoms with van der Waals surface area (Å²) >= 11 is 3.27. The van der Waals surface area contributed by atoms with Crippen LogP contribution in [0.1, 0.15) is 6.42 Å². The van der Waals surface area contributed by atoms with Crippen LogP contribution in [0.3, 0.4) is 0 Å². The summed E-state index contributed by atoms with van der Waals surface area (Å²) in [6.07, 6.45) is -0.345. The summed E-state index contributed by atoms with van der Waals surface area (Å²) in [7, 11) is -3.23. The maximum absolute atomic E-state index is 13.0. The van der Waals surface area contributed by atoms with E-state index in [1.807, 2.05) is 0 Å². The number of carbonyl (C=O) groups excluding carboxylic acids is 1. The SMILES string of the molecule is COc1ccc(Br)c(N2CC(S(=O)(=O)F)CC2=O)c1. The topological polar surface area (TPSA) is 63.7 Å². The smallest absolute Gasteiger partial charge is 0.307 e. The van der Waals surface area contributed by atoms with Gasteiger partial charge in [-0.15, -0.1) is 3.89 Å². The Morgan fingerprint density at radius 1 is 1.47 bits per heavy atom. The number of nitrogens with zero attached hydrogens (tertiary/aromatic N) is 1. The highest BCUT2D eigenvalue weighted by Gasteiger charge is 2.39. The van der Waals surface area contributed by atoms with Crippen molar-refractivity contribution in [2.45, 2.75) is 11.7 Å². The number of methoxy groups -OCH3 is 1. The Hall–Kier alpha value is -1.15. The van der Waals surface area contributed by atoms with E-state index < -0.39 is 21.4 Å². The van der Waals surface area contributed by atoms with Crippen molar-refractivity contribution in [2.24, 2.45) is 0 Å². The molecule has 104 valence electrons. The summed E-state index contributed by atoms with van der Waals surface area (Å²) in [5.41, 5.74) is 0.468. The summed E-state index contributed by atoms with van der Waals surface area (Å²) in [6.45, 7) is -0.191. The quantitative estimate of drug-likeness (QED) is 0.779. The lowest BCUT2D eigenvalue weighted by molar-refractivity contribution is -0.117. The monoisotopic (exact) mass is 351 g/mol. The number of ether oxygens (including phenoxy) is 1. The second-order valence-corrected chi connectivity index (χ2v) is 6.60. The highest BCUT2D eigenvalue weighted by Crippen LogP contribution is 2.34. The first kappa shape index (κ1) is 14.3. The summed E-state index contributed by atoms with van der Waals surface area (Å²) in [5.74, 6) is 0.0951. The van der Waals surface area contributed by atoms with Crippen LogP contribution in [0.4, 0.5) is 9.57 Å². The predicted octanol–water partition coefficient (Wildman–Crippen LogP) is 1.86. The Labute approximate surface area is 118 Å². The molecule has 0 radical (unpaired) electrons. The molecule has 0 aliphatic carbocycles. The van der Waals surface area contributed by atoms with Crippen molar-refractivity contribution in [2.75, 3.05) is 18.6 Å². The predicted molar refractivity (Wildman–Crippen MR) is 71.5 cm³/mol. The number of rotatable bonds is 3. The molecule has 1 aliphatic heterocycles. The maximum Gasteiger partial charge on any atom is 0.307 e. The normalized spacial score (nSPS) is 19.8. The molecule has 2 rings (SSSR count). The van der Waals surface area contributed by atoms with Crippen LogP contribution in [0.15, 0.2) is 22.7 Å². The van der Waals surface area contributed by atoms with E-state index >= 15 is 0 Å². The molecule has 0 saturated carbocycles. The lowest BCUT2D eigenvalue weighted by atomic mass is 10.3. The van der Waals surface area contributed by atoms with Crippen LogP contribution in [0.25, 0.3) is 0 Å². The number of carbonyl (C=O) groups is 1. The van der Waals surface area contributed by atoms with E-state index in [1.54, 1.807) is 18.2 Å². The molecule has 8 heteroatoms. The number of hydrogen-bond acceptors (Lipinski definition) is 4. The summed E-state index contributed by atoms with van der Waals surface area (Å²) in [5, 5.41) is -1.31. The molecule has 0 aromatic heterocycles. The molecule has 1 heterocycles. The van der Waals surface area contributed by atoms with Crippen LogP contribution in [0, 0.1) is 0 Å². The standard InChI is InChI=1S/C11H11BrFNO4S/c1-18-7-2-3-9(12)10(4-7)14-6-8(5-11(14)15)19(13,16)17/h2-4,8H,5-6H2,1H3. The molecule has 0 N–H and O–H groups in total. The molecular weight excluding hydrogens is 341 g/mol. The Kier molecular flexibility index (Phi) is 3.82. The molecule has 19 heavy (non-hydrogen) atoms. The van der Waals surface area contributed by atoms with Gasteiger partial charge in [-0.1, -0.05) is 0 Å². The van der Waals surface area contributed by atoms with Gasteiger partial charge in [-0.2, -0.15) is 8.42 Å². The minimum atomic E-state index is -4.71. The van der Waals surface area contributed by atoms with Gasteiger partial charge in [0.25, 0.3) is 0 Å². The van der Waals surface area contributed by atoms with E-state index in [0.29, 0.717) is 15.9 Å². The first-order valence-electron chi connectivity index (χ1n) is 5.40. The molecule has 1 aliphatic rings. The fourth-order valence-corrected chi connectivity index (χ4v) is 3.05. The van der Waals surface area contributed by atoms with Gasteiger partial charge in [-0.3, -0.25) is 4.79 Å². The van der Waals surface area contributed by atoms with Gasteiger partial charge >= 0.3 is 10.2 Å².